The van der Waals surface area contributed by atoms with Crippen LogP contribution in [0.4, 0.5) is 0 Å². The molecule has 0 saturated carbocycles. The Labute approximate surface area is 118 Å². The van der Waals surface area contributed by atoms with Crippen LogP contribution in [0.3, 0.4) is 0 Å². The lowest BCUT2D eigenvalue weighted by molar-refractivity contribution is -0.120. The fourth-order valence-electron chi connectivity index (χ4n) is 1.76. The van der Waals surface area contributed by atoms with Gasteiger partial charge in [0, 0.05) is 17.5 Å². The quantitative estimate of drug-likeness (QED) is 0.859. The molecular weight excluding hydrogens is 295 g/mol. The van der Waals surface area contributed by atoms with Gasteiger partial charge in [-0.1, -0.05) is 23.2 Å². The topological polar surface area (TPSA) is 43.4 Å². The summed E-state index contributed by atoms with van der Waals surface area (Å²) >= 11 is 11.8. The first-order valence-corrected chi connectivity index (χ1v) is 7.59. The van der Waals surface area contributed by atoms with Crippen LogP contribution >= 0.6 is 23.2 Å². The van der Waals surface area contributed by atoms with Gasteiger partial charge in [0.2, 0.25) is 0 Å². The van der Waals surface area contributed by atoms with Crippen LogP contribution in [0.5, 0.6) is 0 Å². The van der Waals surface area contributed by atoms with Crippen molar-refractivity contribution >= 4 is 39.8 Å². The molecule has 0 aromatic heterocycles. The van der Waals surface area contributed by atoms with Crippen LogP contribution < -0.4 is 0 Å². The summed E-state index contributed by atoms with van der Waals surface area (Å²) in [4.78, 5) is 12.3. The fourth-order valence-corrected chi connectivity index (χ4v) is 3.57. The Balaban J connectivity index is 2.07. The van der Waals surface area contributed by atoms with Crippen molar-refractivity contribution in [3.8, 4) is 0 Å². The number of halogens is 2. The van der Waals surface area contributed by atoms with Gasteiger partial charge in [0.15, 0.2) is 5.78 Å². The number of rotatable bonds is 4. The predicted molar refractivity (Wildman–Crippen MR) is 71.7 cm³/mol. The smallest absolute Gasteiger partial charge is 0.151 e. The monoisotopic (exact) mass is 306 g/mol. The molecule has 0 N–H and O–H groups in total. The van der Waals surface area contributed by atoms with Gasteiger partial charge in [-0.05, 0) is 24.6 Å². The van der Waals surface area contributed by atoms with Crippen LogP contribution in [-0.2, 0) is 20.3 Å². The molecule has 2 rings (SSSR count). The van der Waals surface area contributed by atoms with Crippen molar-refractivity contribution in [1.29, 1.82) is 0 Å². The second-order valence-electron chi connectivity index (χ2n) is 4.09. The van der Waals surface area contributed by atoms with E-state index >= 15 is 0 Å². The number of carbonyl (C=O) groups is 1. The molecule has 2 unspecified atom stereocenters. The van der Waals surface area contributed by atoms with Crippen LogP contribution in [0.1, 0.15) is 6.42 Å². The molecular formula is C12H12Cl2O3S. The van der Waals surface area contributed by atoms with E-state index in [1.807, 2.05) is 0 Å². The summed E-state index contributed by atoms with van der Waals surface area (Å²) in [6, 6.07) is 4.75. The highest BCUT2D eigenvalue weighted by Gasteiger charge is 2.25. The molecule has 2 atom stereocenters. The molecule has 98 valence electrons. The molecule has 0 radical (unpaired) electrons. The molecule has 6 heteroatoms. The minimum Gasteiger partial charge on any atom is -0.381 e. The molecule has 3 nitrogen and oxygen atoms in total. The number of ether oxygens (including phenoxy) is 1. The maximum Gasteiger partial charge on any atom is 0.151 e. The summed E-state index contributed by atoms with van der Waals surface area (Å²) < 4.78 is 17.2. The third kappa shape index (κ3) is 3.32. The van der Waals surface area contributed by atoms with E-state index in [1.165, 1.54) is 0 Å². The number of hydrogen-bond donors (Lipinski definition) is 0. The lowest BCUT2D eigenvalue weighted by atomic mass is 10.1. The zero-order chi connectivity index (χ0) is 13.1. The number of carbonyl (C=O) groups excluding carboxylic acids is 1. The molecule has 1 heterocycles. The van der Waals surface area contributed by atoms with Gasteiger partial charge >= 0.3 is 0 Å². The summed E-state index contributed by atoms with van der Waals surface area (Å²) in [7, 11) is -1.45. The maximum atomic E-state index is 12.1. The molecule has 0 bridgehead atoms. The zero-order valence-electron chi connectivity index (χ0n) is 9.53. The number of Topliss-reactive ketones (excluding diaryl/α,β-unsaturated/α-hetero) is 1. The van der Waals surface area contributed by atoms with Crippen molar-refractivity contribution < 1.29 is 13.7 Å². The van der Waals surface area contributed by atoms with Crippen LogP contribution in [0.15, 0.2) is 23.1 Å². The van der Waals surface area contributed by atoms with Gasteiger partial charge in [0.25, 0.3) is 0 Å². The highest BCUT2D eigenvalue weighted by atomic mass is 35.5. The van der Waals surface area contributed by atoms with E-state index in [0.717, 1.165) is 0 Å². The number of benzene rings is 1. The molecule has 0 aliphatic carbocycles. The van der Waals surface area contributed by atoms with E-state index < -0.39 is 10.8 Å². The van der Waals surface area contributed by atoms with E-state index in [1.54, 1.807) is 18.2 Å². The van der Waals surface area contributed by atoms with Crippen LogP contribution in [0, 0.1) is 5.92 Å². The predicted octanol–water partition coefficient (Wildman–Crippen LogP) is 2.71. The van der Waals surface area contributed by atoms with Crippen molar-refractivity contribution in [2.24, 2.45) is 5.92 Å². The van der Waals surface area contributed by atoms with Gasteiger partial charge in [-0.15, -0.1) is 0 Å². The molecule has 0 amide bonds. The second kappa shape index (κ2) is 6.15. The summed E-state index contributed by atoms with van der Waals surface area (Å²) in [5.74, 6) is -0.206. The average molecular weight is 307 g/mol. The Morgan fingerprint density at radius 1 is 1.44 bits per heavy atom. The SMILES string of the molecule is O=C(CS(=O)c1cc(Cl)ccc1Cl)C1CCOC1. The van der Waals surface area contributed by atoms with Crippen LogP contribution in [-0.4, -0.2) is 29.0 Å². The molecule has 1 aliphatic rings. The zero-order valence-corrected chi connectivity index (χ0v) is 11.9. The third-order valence-corrected chi connectivity index (χ3v) is 4.85. The van der Waals surface area contributed by atoms with Crippen LogP contribution in [0.25, 0.3) is 0 Å². The number of ketones is 1. The van der Waals surface area contributed by atoms with Crippen molar-refractivity contribution in [1.82, 2.24) is 0 Å². The average Bonchev–Trinajstić information content (AvgIpc) is 2.85. The Hall–Kier alpha value is -0.420. The van der Waals surface area contributed by atoms with Crippen LogP contribution in [0.2, 0.25) is 10.0 Å². The summed E-state index contributed by atoms with van der Waals surface area (Å²) in [6.45, 7) is 1.03. The first-order chi connectivity index (χ1) is 8.58. The van der Waals surface area contributed by atoms with E-state index in [4.69, 9.17) is 27.9 Å². The summed E-state index contributed by atoms with van der Waals surface area (Å²) in [5.41, 5.74) is 0. The molecule has 1 aromatic rings. The van der Waals surface area contributed by atoms with Gasteiger partial charge in [0.05, 0.1) is 33.1 Å². The largest absolute Gasteiger partial charge is 0.381 e. The Morgan fingerprint density at radius 2 is 2.22 bits per heavy atom. The minimum atomic E-state index is -1.45. The number of hydrogen-bond acceptors (Lipinski definition) is 3. The molecule has 1 aromatic carbocycles. The van der Waals surface area contributed by atoms with Gasteiger partial charge in [-0.2, -0.15) is 0 Å². The summed E-state index contributed by atoms with van der Waals surface area (Å²) in [5, 5.41) is 0.826. The van der Waals surface area contributed by atoms with E-state index in [0.29, 0.717) is 34.6 Å². The minimum absolute atomic E-state index is 0.0336. The Morgan fingerprint density at radius 3 is 2.89 bits per heavy atom. The highest BCUT2D eigenvalue weighted by Crippen LogP contribution is 2.24. The van der Waals surface area contributed by atoms with Gasteiger partial charge in [-0.3, -0.25) is 9.00 Å². The molecule has 0 spiro atoms. The third-order valence-electron chi connectivity index (χ3n) is 2.80. The molecule has 1 saturated heterocycles. The van der Waals surface area contributed by atoms with E-state index in [2.05, 4.69) is 0 Å². The highest BCUT2D eigenvalue weighted by molar-refractivity contribution is 7.86. The van der Waals surface area contributed by atoms with Crippen molar-refractivity contribution in [3.63, 3.8) is 0 Å². The van der Waals surface area contributed by atoms with E-state index in [-0.39, 0.29) is 17.5 Å². The second-order valence-corrected chi connectivity index (χ2v) is 6.35. The Kier molecular flexibility index (Phi) is 4.78. The maximum absolute atomic E-state index is 12.1. The molecule has 1 aliphatic heterocycles. The Bertz CT molecular complexity index is 484. The van der Waals surface area contributed by atoms with Gasteiger partial charge in [-0.25, -0.2) is 0 Å². The van der Waals surface area contributed by atoms with Gasteiger partial charge in [0.1, 0.15) is 0 Å². The van der Waals surface area contributed by atoms with E-state index in [9.17, 15) is 9.00 Å². The first kappa shape index (κ1) is 14.0. The standard InChI is InChI=1S/C12H12Cl2O3S/c13-9-1-2-10(14)12(5-9)18(16)7-11(15)8-3-4-17-6-8/h1-2,5,8H,3-4,6-7H2. The summed E-state index contributed by atoms with van der Waals surface area (Å²) in [6.07, 6.45) is 0.708. The van der Waals surface area contributed by atoms with Gasteiger partial charge < -0.3 is 4.74 Å². The lowest BCUT2D eigenvalue weighted by Gasteiger charge is -2.08. The lowest BCUT2D eigenvalue weighted by Crippen LogP contribution is -2.21. The molecule has 18 heavy (non-hydrogen) atoms. The molecule has 1 fully saturated rings. The van der Waals surface area contributed by atoms with Crippen molar-refractivity contribution in [3.05, 3.63) is 28.2 Å². The normalized spacial score (nSPS) is 20.9. The van der Waals surface area contributed by atoms with Crippen molar-refractivity contribution in [2.75, 3.05) is 19.0 Å². The first-order valence-electron chi connectivity index (χ1n) is 5.52. The van der Waals surface area contributed by atoms with Crippen molar-refractivity contribution in [2.45, 2.75) is 11.3 Å². The fraction of sp³-hybridized carbons (Fsp3) is 0.417.